The van der Waals surface area contributed by atoms with Crippen molar-refractivity contribution < 1.29 is 26.4 Å². The van der Waals surface area contributed by atoms with Gasteiger partial charge in [0.1, 0.15) is 16.4 Å². The highest BCUT2D eigenvalue weighted by Crippen LogP contribution is 2.30. The molecule has 0 atom stereocenters. The number of anilines is 1. The summed E-state index contributed by atoms with van der Waals surface area (Å²) in [6.45, 7) is 3.33. The molecule has 0 spiro atoms. The molecule has 1 amide bonds. The van der Waals surface area contributed by atoms with E-state index in [1.807, 2.05) is 0 Å². The highest BCUT2D eigenvalue weighted by atomic mass is 32.2. The molecule has 0 radical (unpaired) electrons. The molecule has 1 aliphatic heterocycles. The normalized spacial score (nSPS) is 17.2. The topological polar surface area (TPSA) is 80.2 Å². The summed E-state index contributed by atoms with van der Waals surface area (Å²) >= 11 is 0. The van der Waals surface area contributed by atoms with Crippen LogP contribution in [0.2, 0.25) is 0 Å². The predicted octanol–water partition coefficient (Wildman–Crippen LogP) is 3.44. The summed E-state index contributed by atoms with van der Waals surface area (Å²) < 4.78 is 68.2. The Balaban J connectivity index is 2.03. The van der Waals surface area contributed by atoms with Crippen LogP contribution >= 0.6 is 0 Å². The molecule has 0 saturated carbocycles. The van der Waals surface area contributed by atoms with Crippen LogP contribution in [-0.2, 0) is 17.1 Å². The van der Waals surface area contributed by atoms with Crippen molar-refractivity contribution >= 4 is 27.7 Å². The van der Waals surface area contributed by atoms with Gasteiger partial charge in [-0.1, -0.05) is 12.2 Å². The van der Waals surface area contributed by atoms with Crippen molar-refractivity contribution in [3.63, 3.8) is 0 Å². The van der Waals surface area contributed by atoms with E-state index in [0.717, 1.165) is 18.2 Å². The molecule has 0 fully saturated rings. The van der Waals surface area contributed by atoms with Crippen molar-refractivity contribution in [1.29, 1.82) is 0 Å². The van der Waals surface area contributed by atoms with E-state index in [9.17, 15) is 26.4 Å². The van der Waals surface area contributed by atoms with Crippen molar-refractivity contribution in [2.24, 2.45) is 7.05 Å². The van der Waals surface area contributed by atoms with Crippen molar-refractivity contribution in [1.82, 2.24) is 9.29 Å². The Morgan fingerprint density at radius 3 is 2.61 bits per heavy atom. The molecule has 2 heterocycles. The first kappa shape index (κ1) is 20.2. The number of carbonyl (C=O) groups is 1. The molecular formula is C18H18F3N3O3S. The summed E-state index contributed by atoms with van der Waals surface area (Å²) in [5.74, 6) is -1.79. The third-order valence-corrected chi connectivity index (χ3v) is 5.94. The molecule has 150 valence electrons. The lowest BCUT2D eigenvalue weighted by Crippen LogP contribution is -2.40. The average Bonchev–Trinajstić information content (AvgIpc) is 2.87. The standard InChI is InChI=1S/C18H18F3N3O3S/c1-18(2)7-6-11-14(28(26,27)23-18)9-24(3)15(11)17(25)22-10-4-5-13(19)12(8-10)16(20)21/h4-9,16,23H,1-3H3,(H,22,25). The smallest absolute Gasteiger partial charge is 0.272 e. The van der Waals surface area contributed by atoms with Gasteiger partial charge in [0.25, 0.3) is 12.3 Å². The zero-order valence-corrected chi connectivity index (χ0v) is 16.1. The number of hydrogen-bond acceptors (Lipinski definition) is 3. The maximum absolute atomic E-state index is 13.4. The fraction of sp³-hybridized carbons (Fsp3) is 0.278. The number of nitrogens with one attached hydrogen (secondary N) is 2. The number of aryl methyl sites for hydroxylation is 1. The van der Waals surface area contributed by atoms with Crippen LogP contribution in [0.4, 0.5) is 18.9 Å². The fourth-order valence-electron chi connectivity index (χ4n) is 2.98. The maximum Gasteiger partial charge on any atom is 0.272 e. The molecule has 1 aromatic heterocycles. The van der Waals surface area contributed by atoms with Gasteiger partial charge in [-0.2, -0.15) is 0 Å². The van der Waals surface area contributed by atoms with E-state index in [1.54, 1.807) is 19.9 Å². The molecule has 28 heavy (non-hydrogen) atoms. The Hall–Kier alpha value is -2.59. The minimum atomic E-state index is -3.88. The van der Waals surface area contributed by atoms with Crippen LogP contribution in [0.15, 0.2) is 35.4 Å². The van der Waals surface area contributed by atoms with Crippen LogP contribution in [0.5, 0.6) is 0 Å². The van der Waals surface area contributed by atoms with Crippen LogP contribution in [0, 0.1) is 5.82 Å². The van der Waals surface area contributed by atoms with Gasteiger partial charge in [0, 0.05) is 30.0 Å². The van der Waals surface area contributed by atoms with E-state index in [0.29, 0.717) is 0 Å². The number of hydrogen-bond donors (Lipinski definition) is 2. The molecule has 2 N–H and O–H groups in total. The number of benzene rings is 1. The lowest BCUT2D eigenvalue weighted by molar-refractivity contribution is 0.101. The van der Waals surface area contributed by atoms with Crippen molar-refractivity contribution in [2.75, 3.05) is 5.32 Å². The third kappa shape index (κ3) is 3.69. The zero-order chi connectivity index (χ0) is 20.9. The van der Waals surface area contributed by atoms with Gasteiger partial charge in [-0.05, 0) is 32.0 Å². The summed E-state index contributed by atoms with van der Waals surface area (Å²) in [4.78, 5) is 12.7. The average molecular weight is 413 g/mol. The minimum Gasteiger partial charge on any atom is -0.345 e. The van der Waals surface area contributed by atoms with E-state index in [1.165, 1.54) is 23.9 Å². The molecule has 6 nitrogen and oxygen atoms in total. The third-order valence-electron chi connectivity index (χ3n) is 4.24. The fourth-order valence-corrected chi connectivity index (χ4v) is 4.60. The monoisotopic (exact) mass is 413 g/mol. The summed E-state index contributed by atoms with van der Waals surface area (Å²) in [5.41, 5.74) is -1.53. The Morgan fingerprint density at radius 1 is 1.29 bits per heavy atom. The lowest BCUT2D eigenvalue weighted by atomic mass is 10.0. The van der Waals surface area contributed by atoms with Crippen molar-refractivity contribution in [3.05, 3.63) is 53.1 Å². The number of nitrogens with zero attached hydrogens (tertiary/aromatic N) is 1. The number of sulfonamides is 1. The summed E-state index contributed by atoms with van der Waals surface area (Å²) in [7, 11) is -2.39. The van der Waals surface area contributed by atoms with E-state index >= 15 is 0 Å². The molecular weight excluding hydrogens is 395 g/mol. The first-order valence-corrected chi connectivity index (χ1v) is 9.71. The summed E-state index contributed by atoms with van der Waals surface area (Å²) in [6.07, 6.45) is 1.40. The number of aromatic nitrogens is 1. The quantitative estimate of drug-likeness (QED) is 0.809. The first-order chi connectivity index (χ1) is 12.9. The van der Waals surface area contributed by atoms with Gasteiger partial charge >= 0.3 is 0 Å². The van der Waals surface area contributed by atoms with Crippen LogP contribution in [0.25, 0.3) is 6.08 Å². The van der Waals surface area contributed by atoms with Gasteiger partial charge in [-0.3, -0.25) is 4.79 Å². The molecule has 10 heteroatoms. The van der Waals surface area contributed by atoms with Gasteiger partial charge in [-0.25, -0.2) is 26.3 Å². The molecule has 0 unspecified atom stereocenters. The number of alkyl halides is 2. The van der Waals surface area contributed by atoms with Gasteiger partial charge in [0.05, 0.1) is 5.56 Å². The largest absolute Gasteiger partial charge is 0.345 e. The number of rotatable bonds is 3. The Bertz CT molecular complexity index is 1090. The zero-order valence-electron chi connectivity index (χ0n) is 15.3. The molecule has 0 aliphatic carbocycles. The second kappa shape index (κ2) is 6.78. The van der Waals surface area contributed by atoms with Gasteiger partial charge < -0.3 is 9.88 Å². The van der Waals surface area contributed by atoms with Gasteiger partial charge in [0.15, 0.2) is 0 Å². The number of amides is 1. The van der Waals surface area contributed by atoms with E-state index in [4.69, 9.17) is 0 Å². The minimum absolute atomic E-state index is 0.0252. The van der Waals surface area contributed by atoms with Crippen LogP contribution in [0.1, 0.15) is 41.9 Å². The Kier molecular flexibility index (Phi) is 4.88. The molecule has 0 saturated heterocycles. The molecule has 2 aromatic rings. The highest BCUT2D eigenvalue weighted by Gasteiger charge is 2.33. The SMILES string of the molecule is Cn1cc2c(c1C(=O)Nc1ccc(F)c(C(F)F)c1)C=CC(C)(C)NS2(=O)=O. The first-order valence-electron chi connectivity index (χ1n) is 8.23. The molecule has 0 bridgehead atoms. The second-order valence-electron chi connectivity index (χ2n) is 7.02. The molecule has 3 rings (SSSR count). The van der Waals surface area contributed by atoms with Crippen LogP contribution < -0.4 is 10.0 Å². The van der Waals surface area contributed by atoms with Gasteiger partial charge in [0.2, 0.25) is 10.0 Å². The number of halogens is 3. The van der Waals surface area contributed by atoms with Gasteiger partial charge in [-0.15, -0.1) is 0 Å². The Labute approximate surface area is 160 Å². The number of carbonyl (C=O) groups excluding carboxylic acids is 1. The van der Waals surface area contributed by atoms with E-state index in [2.05, 4.69) is 10.0 Å². The lowest BCUT2D eigenvalue weighted by Gasteiger charge is -2.19. The molecule has 1 aromatic carbocycles. The predicted molar refractivity (Wildman–Crippen MR) is 98.2 cm³/mol. The maximum atomic E-state index is 13.4. The van der Waals surface area contributed by atoms with Crippen LogP contribution in [-0.4, -0.2) is 24.4 Å². The van der Waals surface area contributed by atoms with E-state index in [-0.39, 0.29) is 21.8 Å². The van der Waals surface area contributed by atoms with E-state index < -0.39 is 39.3 Å². The van der Waals surface area contributed by atoms with Crippen LogP contribution in [0.3, 0.4) is 0 Å². The summed E-state index contributed by atoms with van der Waals surface area (Å²) in [6, 6.07) is 2.83. The van der Waals surface area contributed by atoms with Crippen molar-refractivity contribution in [3.8, 4) is 0 Å². The second-order valence-corrected chi connectivity index (χ2v) is 8.67. The molecule has 1 aliphatic rings. The summed E-state index contributed by atoms with van der Waals surface area (Å²) in [5, 5.41) is 2.42. The Morgan fingerprint density at radius 2 is 1.96 bits per heavy atom. The number of fused-ring (bicyclic) bond motifs is 1. The van der Waals surface area contributed by atoms with Crippen molar-refractivity contribution in [2.45, 2.75) is 30.7 Å². The highest BCUT2D eigenvalue weighted by molar-refractivity contribution is 7.89.